The lowest BCUT2D eigenvalue weighted by atomic mass is 10.2. The molecule has 1 N–H and O–H groups in total. The number of hydrogen-bond acceptors (Lipinski definition) is 5. The Morgan fingerprint density at radius 1 is 0.931 bits per heavy atom. The van der Waals surface area contributed by atoms with Gasteiger partial charge in [-0.1, -0.05) is 18.2 Å². The molecule has 3 aromatic carbocycles. The predicted octanol–water partition coefficient (Wildman–Crippen LogP) is 5.32. The molecule has 0 aliphatic carbocycles. The molecule has 0 heterocycles. The van der Waals surface area contributed by atoms with Gasteiger partial charge in [0.2, 0.25) is 0 Å². The van der Waals surface area contributed by atoms with Gasteiger partial charge in [0.25, 0.3) is 5.69 Å². The maximum Gasteiger partial charge on any atom is 0.269 e. The molecule has 0 aliphatic heterocycles. The summed E-state index contributed by atoms with van der Waals surface area (Å²) >= 11 is 0. The number of anilines is 1. The quantitative estimate of drug-likeness (QED) is 0.391. The zero-order chi connectivity index (χ0) is 20.6. The van der Waals surface area contributed by atoms with E-state index in [4.69, 9.17) is 9.47 Å². The number of halogens is 1. The molecule has 0 spiro atoms. The maximum absolute atomic E-state index is 13.0. The molecular weight excluding hydrogens is 375 g/mol. The Morgan fingerprint density at radius 3 is 2.28 bits per heavy atom. The lowest BCUT2D eigenvalue weighted by Crippen LogP contribution is -2.03. The zero-order valence-electron chi connectivity index (χ0n) is 15.9. The highest BCUT2D eigenvalue weighted by Gasteiger charge is 2.08. The Labute approximate surface area is 168 Å². The number of non-ortho nitro benzene ring substituents is 1. The van der Waals surface area contributed by atoms with Crippen LogP contribution in [0.1, 0.15) is 18.1 Å². The summed E-state index contributed by atoms with van der Waals surface area (Å²) in [5, 5.41) is 13.9. The van der Waals surface area contributed by atoms with Crippen LogP contribution < -0.4 is 14.8 Å². The molecule has 0 aromatic heterocycles. The minimum atomic E-state index is -0.428. The second-order valence-corrected chi connectivity index (χ2v) is 6.29. The Bertz CT molecular complexity index is 960. The number of ether oxygens (including phenoxy) is 2. The van der Waals surface area contributed by atoms with Crippen molar-refractivity contribution in [3.8, 4) is 11.5 Å². The van der Waals surface area contributed by atoms with Crippen LogP contribution in [0.2, 0.25) is 0 Å². The van der Waals surface area contributed by atoms with E-state index in [9.17, 15) is 14.5 Å². The standard InChI is InChI=1S/C22H21FN2O4/c1-2-28-22-13-17(14-24-19-8-10-20(11-9-19)25(26)27)5-12-21(22)29-15-16-3-6-18(23)7-4-16/h3-13,24H,2,14-15H2,1H3. The lowest BCUT2D eigenvalue weighted by Gasteiger charge is -2.14. The number of hydrogen-bond donors (Lipinski definition) is 1. The minimum absolute atomic E-state index is 0.0526. The van der Waals surface area contributed by atoms with Gasteiger partial charge in [-0.2, -0.15) is 0 Å². The first kappa shape index (κ1) is 20.1. The van der Waals surface area contributed by atoms with Crippen LogP contribution in [-0.2, 0) is 13.2 Å². The number of nitrogens with one attached hydrogen (secondary N) is 1. The van der Waals surface area contributed by atoms with Crippen molar-refractivity contribution in [3.05, 3.63) is 93.8 Å². The Kier molecular flexibility index (Phi) is 6.63. The van der Waals surface area contributed by atoms with E-state index in [2.05, 4.69) is 5.32 Å². The van der Waals surface area contributed by atoms with E-state index < -0.39 is 4.92 Å². The van der Waals surface area contributed by atoms with Gasteiger partial charge in [0.15, 0.2) is 11.5 Å². The van der Waals surface area contributed by atoms with Crippen LogP contribution in [-0.4, -0.2) is 11.5 Å². The molecule has 0 radical (unpaired) electrons. The normalized spacial score (nSPS) is 10.4. The van der Waals surface area contributed by atoms with Crippen LogP contribution in [0.4, 0.5) is 15.8 Å². The van der Waals surface area contributed by atoms with E-state index >= 15 is 0 Å². The SMILES string of the molecule is CCOc1cc(CNc2ccc([N+](=O)[O-])cc2)ccc1OCc1ccc(F)cc1. The highest BCUT2D eigenvalue weighted by Crippen LogP contribution is 2.30. The molecule has 0 fully saturated rings. The third-order valence-electron chi connectivity index (χ3n) is 4.19. The summed E-state index contributed by atoms with van der Waals surface area (Å²) in [7, 11) is 0. The second-order valence-electron chi connectivity index (χ2n) is 6.29. The molecule has 0 amide bonds. The third kappa shape index (κ3) is 5.68. The molecule has 7 heteroatoms. The Hall–Kier alpha value is -3.61. The number of rotatable bonds is 9. The summed E-state index contributed by atoms with van der Waals surface area (Å²) in [6, 6.07) is 18.1. The van der Waals surface area contributed by atoms with Gasteiger partial charge in [-0.15, -0.1) is 0 Å². The molecule has 3 aromatic rings. The van der Waals surface area contributed by atoms with E-state index in [1.165, 1.54) is 24.3 Å². The summed E-state index contributed by atoms with van der Waals surface area (Å²) in [5.74, 6) is 0.946. The van der Waals surface area contributed by atoms with E-state index in [1.54, 1.807) is 24.3 Å². The van der Waals surface area contributed by atoms with E-state index in [0.717, 1.165) is 16.8 Å². The van der Waals surface area contributed by atoms with Gasteiger partial charge in [-0.25, -0.2) is 4.39 Å². The van der Waals surface area contributed by atoms with Crippen LogP contribution in [0.15, 0.2) is 66.7 Å². The molecule has 0 aliphatic rings. The summed E-state index contributed by atoms with van der Waals surface area (Å²) in [6.45, 7) is 3.22. The van der Waals surface area contributed by atoms with Crippen molar-refractivity contribution in [2.45, 2.75) is 20.1 Å². The Balaban J connectivity index is 1.64. The van der Waals surface area contributed by atoms with Crippen molar-refractivity contribution in [1.82, 2.24) is 0 Å². The summed E-state index contributed by atoms with van der Waals surface area (Å²) < 4.78 is 24.5. The van der Waals surface area contributed by atoms with Gasteiger partial charge in [0.05, 0.1) is 11.5 Å². The van der Waals surface area contributed by atoms with Crippen molar-refractivity contribution >= 4 is 11.4 Å². The molecule has 0 saturated carbocycles. The van der Waals surface area contributed by atoms with Gasteiger partial charge >= 0.3 is 0 Å². The number of nitro groups is 1. The summed E-state index contributed by atoms with van der Waals surface area (Å²) in [6.07, 6.45) is 0. The van der Waals surface area contributed by atoms with Crippen LogP contribution >= 0.6 is 0 Å². The van der Waals surface area contributed by atoms with Gasteiger partial charge in [0.1, 0.15) is 12.4 Å². The molecule has 0 bridgehead atoms. The smallest absolute Gasteiger partial charge is 0.269 e. The summed E-state index contributed by atoms with van der Waals surface area (Å²) in [5.41, 5.74) is 2.67. The van der Waals surface area contributed by atoms with Crippen LogP contribution in [0.25, 0.3) is 0 Å². The van der Waals surface area contributed by atoms with Gasteiger partial charge < -0.3 is 14.8 Å². The molecule has 3 rings (SSSR count). The monoisotopic (exact) mass is 396 g/mol. The lowest BCUT2D eigenvalue weighted by molar-refractivity contribution is -0.384. The van der Waals surface area contributed by atoms with E-state index in [1.807, 2.05) is 25.1 Å². The van der Waals surface area contributed by atoms with Crippen LogP contribution in [0.3, 0.4) is 0 Å². The van der Waals surface area contributed by atoms with Gasteiger partial charge in [0, 0.05) is 24.4 Å². The molecule has 0 atom stereocenters. The fraction of sp³-hybridized carbons (Fsp3) is 0.182. The summed E-state index contributed by atoms with van der Waals surface area (Å²) in [4.78, 5) is 10.3. The van der Waals surface area contributed by atoms with E-state index in [-0.39, 0.29) is 11.5 Å². The first-order valence-electron chi connectivity index (χ1n) is 9.16. The fourth-order valence-electron chi connectivity index (χ4n) is 2.70. The van der Waals surface area contributed by atoms with Gasteiger partial charge in [-0.05, 0) is 54.4 Å². The Morgan fingerprint density at radius 2 is 1.62 bits per heavy atom. The number of benzene rings is 3. The number of nitro benzene ring substituents is 1. The predicted molar refractivity (Wildman–Crippen MR) is 109 cm³/mol. The minimum Gasteiger partial charge on any atom is -0.490 e. The fourth-order valence-corrected chi connectivity index (χ4v) is 2.70. The first-order valence-corrected chi connectivity index (χ1v) is 9.16. The molecule has 150 valence electrons. The van der Waals surface area contributed by atoms with Crippen molar-refractivity contribution < 1.29 is 18.8 Å². The average molecular weight is 396 g/mol. The third-order valence-corrected chi connectivity index (χ3v) is 4.19. The van der Waals surface area contributed by atoms with E-state index in [0.29, 0.717) is 31.3 Å². The van der Waals surface area contributed by atoms with Gasteiger partial charge in [-0.3, -0.25) is 10.1 Å². The molecule has 6 nitrogen and oxygen atoms in total. The maximum atomic E-state index is 13.0. The largest absolute Gasteiger partial charge is 0.490 e. The zero-order valence-corrected chi connectivity index (χ0v) is 15.9. The topological polar surface area (TPSA) is 73.6 Å². The van der Waals surface area contributed by atoms with Crippen LogP contribution in [0, 0.1) is 15.9 Å². The molecule has 0 unspecified atom stereocenters. The van der Waals surface area contributed by atoms with Crippen molar-refractivity contribution in [1.29, 1.82) is 0 Å². The molecule has 29 heavy (non-hydrogen) atoms. The number of nitrogens with zero attached hydrogens (tertiary/aromatic N) is 1. The first-order chi connectivity index (χ1) is 14.0. The highest BCUT2D eigenvalue weighted by molar-refractivity contribution is 5.50. The van der Waals surface area contributed by atoms with Crippen LogP contribution in [0.5, 0.6) is 11.5 Å². The van der Waals surface area contributed by atoms with Crippen molar-refractivity contribution in [3.63, 3.8) is 0 Å². The molecule has 0 saturated heterocycles. The highest BCUT2D eigenvalue weighted by atomic mass is 19.1. The second kappa shape index (κ2) is 9.54. The average Bonchev–Trinajstić information content (AvgIpc) is 2.73. The molecular formula is C22H21FN2O4. The van der Waals surface area contributed by atoms with Crippen molar-refractivity contribution in [2.75, 3.05) is 11.9 Å². The van der Waals surface area contributed by atoms with Crippen molar-refractivity contribution in [2.24, 2.45) is 0 Å².